The van der Waals surface area contributed by atoms with Crippen LogP contribution in [0.2, 0.25) is 0 Å². The molecule has 0 rings (SSSR count). The number of nitrogens with one attached hydrogen (secondary N) is 2. The van der Waals surface area contributed by atoms with Crippen molar-refractivity contribution in [3.63, 3.8) is 0 Å². The van der Waals surface area contributed by atoms with E-state index in [0.717, 1.165) is 11.0 Å². The normalized spacial score (nSPS) is 11.0. The Morgan fingerprint density at radius 2 is 2.50 bits per heavy atom. The molecule has 0 aromatic heterocycles. The van der Waals surface area contributed by atoms with Crippen LogP contribution in [0.1, 0.15) is 0 Å². The van der Waals surface area contributed by atoms with Gasteiger partial charge in [0.2, 0.25) is 0 Å². The second-order valence-corrected chi connectivity index (χ2v) is 2.15. The maximum absolute atomic E-state index is 6.72. The maximum atomic E-state index is 6.72. The molecular weight excluding hydrogens is 144 g/mol. The van der Waals surface area contributed by atoms with Gasteiger partial charge in [0.1, 0.15) is 0 Å². The van der Waals surface area contributed by atoms with Crippen LogP contribution in [0.15, 0.2) is 11.1 Å². The largest absolute Gasteiger partial charge is 0.393 e. The summed E-state index contributed by atoms with van der Waals surface area (Å²) in [6.07, 6.45) is 2.85. The van der Waals surface area contributed by atoms with Gasteiger partial charge in [0, 0.05) is 19.5 Å². The first-order valence-corrected chi connectivity index (χ1v) is 3.66. The quantitative estimate of drug-likeness (QED) is 0.600. The predicted molar refractivity (Wildman–Crippen MR) is 39.4 cm³/mol. The summed E-state index contributed by atoms with van der Waals surface area (Å²) in [7, 11) is 8.09. The minimum Gasteiger partial charge on any atom is -0.393 e. The molecule has 0 atom stereocenters. The minimum absolute atomic E-state index is 0.703. The van der Waals surface area contributed by atoms with Crippen LogP contribution in [0.5, 0.6) is 0 Å². The van der Waals surface area contributed by atoms with Gasteiger partial charge in [0.05, 0.1) is 4.91 Å². The van der Waals surface area contributed by atoms with E-state index in [1.807, 2.05) is 0 Å². The fraction of sp³-hybridized carbons (Fsp3) is 0.250. The molecule has 0 spiro atoms. The molecule has 8 heavy (non-hydrogen) atoms. The predicted octanol–water partition coefficient (Wildman–Crippen LogP) is 1.58. The van der Waals surface area contributed by atoms with E-state index in [4.69, 9.17) is 16.1 Å². The Balaban J connectivity index is 3.66. The standard InChI is InChI=1S/C4H7ClN2S/c1-7-3-4(2-6)8-5/h2-3,6-7H,1H3/b4-3+,6-2?. The Morgan fingerprint density at radius 1 is 1.88 bits per heavy atom. The van der Waals surface area contributed by atoms with Gasteiger partial charge in [-0.05, 0) is 21.7 Å². The molecule has 0 radical (unpaired) electrons. The van der Waals surface area contributed by atoms with Crippen molar-refractivity contribution in [1.29, 1.82) is 5.41 Å². The van der Waals surface area contributed by atoms with Gasteiger partial charge < -0.3 is 10.7 Å². The van der Waals surface area contributed by atoms with Crippen molar-refractivity contribution in [2.24, 2.45) is 0 Å². The highest BCUT2D eigenvalue weighted by atomic mass is 35.7. The summed E-state index contributed by atoms with van der Waals surface area (Å²) in [5.74, 6) is 0. The zero-order valence-electron chi connectivity index (χ0n) is 4.44. The fourth-order valence-corrected chi connectivity index (χ4v) is 0.703. The van der Waals surface area contributed by atoms with E-state index < -0.39 is 0 Å². The molecule has 2 nitrogen and oxygen atoms in total. The highest BCUT2D eigenvalue weighted by molar-refractivity contribution is 8.24. The molecule has 0 aliphatic heterocycles. The van der Waals surface area contributed by atoms with E-state index in [9.17, 15) is 0 Å². The van der Waals surface area contributed by atoms with Crippen molar-refractivity contribution in [2.75, 3.05) is 7.05 Å². The molecule has 0 saturated carbocycles. The van der Waals surface area contributed by atoms with E-state index >= 15 is 0 Å². The molecule has 0 heterocycles. The summed E-state index contributed by atoms with van der Waals surface area (Å²) in [5.41, 5.74) is 0. The Morgan fingerprint density at radius 3 is 2.62 bits per heavy atom. The molecule has 0 unspecified atom stereocenters. The van der Waals surface area contributed by atoms with Crippen LogP contribution in [0.4, 0.5) is 0 Å². The Hall–Kier alpha value is -0.150. The monoisotopic (exact) mass is 150 g/mol. The maximum Gasteiger partial charge on any atom is 0.0565 e. The van der Waals surface area contributed by atoms with E-state index in [-0.39, 0.29) is 0 Å². The van der Waals surface area contributed by atoms with Crippen LogP contribution in [-0.2, 0) is 0 Å². The Bertz CT molecular complexity index is 102. The molecule has 0 saturated heterocycles. The highest BCUT2D eigenvalue weighted by Crippen LogP contribution is 2.15. The second-order valence-electron chi connectivity index (χ2n) is 1.06. The van der Waals surface area contributed by atoms with E-state index in [0.29, 0.717) is 4.91 Å². The van der Waals surface area contributed by atoms with Crippen molar-refractivity contribution in [3.8, 4) is 0 Å². The summed E-state index contributed by atoms with van der Waals surface area (Å²) in [6.45, 7) is 0. The lowest BCUT2D eigenvalue weighted by Gasteiger charge is -1.89. The average Bonchev–Trinajstić information content (AvgIpc) is 1.83. The molecule has 2 N–H and O–H groups in total. The lowest BCUT2D eigenvalue weighted by molar-refractivity contribution is 1.10. The number of hydrogen-bond donors (Lipinski definition) is 2. The third-order valence-electron chi connectivity index (χ3n) is 0.518. The smallest absolute Gasteiger partial charge is 0.0565 e. The summed E-state index contributed by atoms with van der Waals surface area (Å²) in [6, 6.07) is 0. The van der Waals surface area contributed by atoms with Crippen molar-refractivity contribution in [3.05, 3.63) is 11.1 Å². The van der Waals surface area contributed by atoms with E-state index in [1.165, 1.54) is 6.21 Å². The molecule has 0 bridgehead atoms. The molecule has 46 valence electrons. The van der Waals surface area contributed by atoms with E-state index in [1.54, 1.807) is 13.2 Å². The number of rotatable bonds is 3. The van der Waals surface area contributed by atoms with Crippen LogP contribution < -0.4 is 5.32 Å². The van der Waals surface area contributed by atoms with Crippen molar-refractivity contribution in [1.82, 2.24) is 5.32 Å². The Labute approximate surface area is 57.3 Å². The van der Waals surface area contributed by atoms with Gasteiger partial charge in [-0.2, -0.15) is 0 Å². The Kier molecular flexibility index (Phi) is 4.90. The van der Waals surface area contributed by atoms with Gasteiger partial charge in [-0.1, -0.05) is 0 Å². The molecule has 0 aromatic rings. The fourth-order valence-electron chi connectivity index (χ4n) is 0.228. The zero-order valence-corrected chi connectivity index (χ0v) is 6.01. The molecule has 0 aromatic carbocycles. The van der Waals surface area contributed by atoms with Crippen LogP contribution in [0.25, 0.3) is 0 Å². The topological polar surface area (TPSA) is 35.9 Å². The summed E-state index contributed by atoms with van der Waals surface area (Å²) in [5, 5.41) is 9.48. The van der Waals surface area contributed by atoms with Crippen LogP contribution in [0.3, 0.4) is 0 Å². The lowest BCUT2D eigenvalue weighted by Crippen LogP contribution is -1.93. The van der Waals surface area contributed by atoms with Gasteiger partial charge in [-0.15, -0.1) is 0 Å². The van der Waals surface area contributed by atoms with Crippen molar-refractivity contribution >= 4 is 27.9 Å². The molecule has 4 heteroatoms. The zero-order chi connectivity index (χ0) is 6.41. The van der Waals surface area contributed by atoms with Crippen LogP contribution in [0, 0.1) is 5.41 Å². The summed E-state index contributed by atoms with van der Waals surface area (Å²) < 4.78 is 0. The molecule has 0 aliphatic rings. The summed E-state index contributed by atoms with van der Waals surface area (Å²) in [4.78, 5) is 0.703. The molecule has 0 aliphatic carbocycles. The first kappa shape index (κ1) is 7.85. The SMILES string of the molecule is CN/C=C(\C=N)SCl. The first-order chi connectivity index (χ1) is 3.85. The van der Waals surface area contributed by atoms with Crippen molar-refractivity contribution in [2.45, 2.75) is 0 Å². The van der Waals surface area contributed by atoms with Crippen molar-refractivity contribution < 1.29 is 0 Å². The molecule has 0 amide bonds. The second kappa shape index (κ2) is 5.00. The number of allylic oxidation sites excluding steroid dienone is 1. The number of hydrogen-bond acceptors (Lipinski definition) is 3. The van der Waals surface area contributed by atoms with Gasteiger partial charge in [-0.3, -0.25) is 0 Å². The number of halogens is 1. The van der Waals surface area contributed by atoms with E-state index in [2.05, 4.69) is 5.32 Å². The first-order valence-electron chi connectivity index (χ1n) is 2.01. The van der Waals surface area contributed by atoms with Gasteiger partial charge in [-0.25, -0.2) is 0 Å². The van der Waals surface area contributed by atoms with Gasteiger partial charge >= 0.3 is 0 Å². The lowest BCUT2D eigenvalue weighted by atomic mass is 10.6. The highest BCUT2D eigenvalue weighted by Gasteiger charge is 1.85. The third kappa shape index (κ3) is 2.93. The van der Waals surface area contributed by atoms with Crippen LogP contribution in [-0.4, -0.2) is 13.3 Å². The minimum atomic E-state index is 0.703. The van der Waals surface area contributed by atoms with Crippen LogP contribution >= 0.6 is 21.7 Å². The van der Waals surface area contributed by atoms with Gasteiger partial charge in [0.15, 0.2) is 0 Å². The average molecular weight is 151 g/mol. The molecule has 0 fully saturated rings. The third-order valence-corrected chi connectivity index (χ3v) is 1.47. The molecular formula is C4H7ClN2S. The summed E-state index contributed by atoms with van der Waals surface area (Å²) >= 11 is 0. The van der Waals surface area contributed by atoms with Gasteiger partial charge in [0.25, 0.3) is 0 Å².